The third kappa shape index (κ3) is 2.20. The highest BCUT2D eigenvalue weighted by Crippen LogP contribution is 2.40. The molecule has 0 amide bonds. The Morgan fingerprint density at radius 1 is 0.696 bits per heavy atom. The minimum absolute atomic E-state index is 0.287. The summed E-state index contributed by atoms with van der Waals surface area (Å²) in [5.74, 6) is 0.287. The molecule has 0 saturated heterocycles. The number of fused-ring (bicyclic) bond motifs is 1. The van der Waals surface area contributed by atoms with Gasteiger partial charge in [0.05, 0.1) is 5.69 Å². The first-order chi connectivity index (χ1) is 11.3. The maximum absolute atomic E-state index is 9.60. The summed E-state index contributed by atoms with van der Waals surface area (Å²) in [5, 5.41) is 10.8. The van der Waals surface area contributed by atoms with Crippen molar-refractivity contribution in [1.82, 2.24) is 4.57 Å². The summed E-state index contributed by atoms with van der Waals surface area (Å²) in [6.07, 6.45) is 0. The molecule has 0 radical (unpaired) electrons. The lowest BCUT2D eigenvalue weighted by Gasteiger charge is -2.09. The Hall–Kier alpha value is -3.00. The van der Waals surface area contributed by atoms with Crippen molar-refractivity contribution < 1.29 is 5.11 Å². The van der Waals surface area contributed by atoms with E-state index in [-0.39, 0.29) is 5.75 Å². The van der Waals surface area contributed by atoms with Crippen molar-refractivity contribution in [2.24, 2.45) is 7.05 Å². The van der Waals surface area contributed by atoms with Gasteiger partial charge in [-0.25, -0.2) is 0 Å². The SMILES string of the molecule is Cn1c(-c2ccccc2)c(-c2ccc(O)cc2)c2ccccc21. The van der Waals surface area contributed by atoms with Gasteiger partial charge in [-0.1, -0.05) is 60.7 Å². The van der Waals surface area contributed by atoms with E-state index in [0.717, 1.165) is 5.56 Å². The number of phenolic OH excluding ortho intramolecular Hbond substituents is 1. The number of hydrogen-bond acceptors (Lipinski definition) is 1. The van der Waals surface area contributed by atoms with Gasteiger partial charge in [0.25, 0.3) is 0 Å². The van der Waals surface area contributed by atoms with Gasteiger partial charge in [-0.2, -0.15) is 0 Å². The summed E-state index contributed by atoms with van der Waals surface area (Å²) in [5.41, 5.74) is 5.90. The van der Waals surface area contributed by atoms with Crippen LogP contribution in [0.3, 0.4) is 0 Å². The molecule has 2 nitrogen and oxygen atoms in total. The standard InChI is InChI=1S/C21H17NO/c1-22-19-10-6-5-9-18(19)20(15-11-13-17(23)14-12-15)21(22)16-7-3-2-4-8-16/h2-14,23H,1H3. The highest BCUT2D eigenvalue weighted by Gasteiger charge is 2.17. The Bertz CT molecular complexity index is 966. The minimum Gasteiger partial charge on any atom is -0.508 e. The lowest BCUT2D eigenvalue weighted by molar-refractivity contribution is 0.475. The average molecular weight is 299 g/mol. The molecule has 1 heterocycles. The van der Waals surface area contributed by atoms with Crippen molar-refractivity contribution in [3.05, 3.63) is 78.9 Å². The molecular weight excluding hydrogens is 282 g/mol. The lowest BCUT2D eigenvalue weighted by atomic mass is 9.98. The summed E-state index contributed by atoms with van der Waals surface area (Å²) in [4.78, 5) is 0. The number of hydrogen-bond donors (Lipinski definition) is 1. The van der Waals surface area contributed by atoms with Crippen LogP contribution in [0.15, 0.2) is 78.9 Å². The second-order valence-electron chi connectivity index (χ2n) is 5.71. The van der Waals surface area contributed by atoms with E-state index in [4.69, 9.17) is 0 Å². The second kappa shape index (κ2) is 5.33. The molecule has 3 aromatic carbocycles. The first-order valence-corrected chi connectivity index (χ1v) is 7.68. The maximum Gasteiger partial charge on any atom is 0.115 e. The first-order valence-electron chi connectivity index (χ1n) is 7.68. The molecule has 112 valence electrons. The van der Waals surface area contributed by atoms with Crippen molar-refractivity contribution in [3.8, 4) is 28.1 Å². The van der Waals surface area contributed by atoms with E-state index in [2.05, 4.69) is 60.1 Å². The number of aromatic hydroxyl groups is 1. The van der Waals surface area contributed by atoms with Crippen LogP contribution in [-0.2, 0) is 7.05 Å². The van der Waals surface area contributed by atoms with Crippen LogP contribution in [0.4, 0.5) is 0 Å². The van der Waals surface area contributed by atoms with Crippen LogP contribution in [0.2, 0.25) is 0 Å². The number of aryl methyl sites for hydroxylation is 1. The van der Waals surface area contributed by atoms with Gasteiger partial charge in [0, 0.05) is 23.5 Å². The van der Waals surface area contributed by atoms with E-state index in [1.807, 2.05) is 18.2 Å². The van der Waals surface area contributed by atoms with Gasteiger partial charge in [0.1, 0.15) is 5.75 Å². The fraction of sp³-hybridized carbons (Fsp3) is 0.0476. The van der Waals surface area contributed by atoms with Crippen LogP contribution < -0.4 is 0 Å². The summed E-state index contributed by atoms with van der Waals surface area (Å²) < 4.78 is 2.24. The predicted molar refractivity (Wildman–Crippen MR) is 95.5 cm³/mol. The third-order valence-corrected chi connectivity index (χ3v) is 4.31. The number of benzene rings is 3. The van der Waals surface area contributed by atoms with Crippen LogP contribution in [0.25, 0.3) is 33.3 Å². The molecule has 0 fully saturated rings. The van der Waals surface area contributed by atoms with Crippen molar-refractivity contribution in [2.75, 3.05) is 0 Å². The van der Waals surface area contributed by atoms with Gasteiger partial charge >= 0.3 is 0 Å². The van der Waals surface area contributed by atoms with Crippen LogP contribution >= 0.6 is 0 Å². The molecule has 0 unspecified atom stereocenters. The van der Waals surface area contributed by atoms with Crippen LogP contribution in [0.5, 0.6) is 5.75 Å². The van der Waals surface area contributed by atoms with Gasteiger partial charge in [0.2, 0.25) is 0 Å². The Kier molecular flexibility index (Phi) is 3.16. The zero-order valence-electron chi connectivity index (χ0n) is 12.9. The molecule has 4 aromatic rings. The van der Waals surface area contributed by atoms with Crippen molar-refractivity contribution in [2.45, 2.75) is 0 Å². The van der Waals surface area contributed by atoms with E-state index >= 15 is 0 Å². The Morgan fingerprint density at radius 2 is 1.35 bits per heavy atom. The van der Waals surface area contributed by atoms with E-state index in [1.54, 1.807) is 12.1 Å². The number of phenols is 1. The van der Waals surface area contributed by atoms with E-state index < -0.39 is 0 Å². The van der Waals surface area contributed by atoms with Gasteiger partial charge in [-0.3, -0.25) is 0 Å². The summed E-state index contributed by atoms with van der Waals surface area (Å²) >= 11 is 0. The normalized spacial score (nSPS) is 11.0. The lowest BCUT2D eigenvalue weighted by Crippen LogP contribution is -1.92. The zero-order chi connectivity index (χ0) is 15.8. The predicted octanol–water partition coefficient (Wildman–Crippen LogP) is 5.22. The number of nitrogens with zero attached hydrogens (tertiary/aromatic N) is 1. The molecule has 1 aromatic heterocycles. The maximum atomic E-state index is 9.60. The third-order valence-electron chi connectivity index (χ3n) is 4.31. The van der Waals surface area contributed by atoms with Crippen molar-refractivity contribution in [1.29, 1.82) is 0 Å². The summed E-state index contributed by atoms with van der Waals surface area (Å²) in [6, 6.07) is 26.3. The van der Waals surface area contributed by atoms with Gasteiger partial charge in [-0.15, -0.1) is 0 Å². The second-order valence-corrected chi connectivity index (χ2v) is 5.71. The van der Waals surface area contributed by atoms with E-state index in [1.165, 1.54) is 27.7 Å². The molecule has 23 heavy (non-hydrogen) atoms. The first kappa shape index (κ1) is 13.6. The zero-order valence-corrected chi connectivity index (χ0v) is 12.9. The molecular formula is C21H17NO. The fourth-order valence-electron chi connectivity index (χ4n) is 3.25. The van der Waals surface area contributed by atoms with Crippen molar-refractivity contribution >= 4 is 10.9 Å². The highest BCUT2D eigenvalue weighted by atomic mass is 16.3. The largest absolute Gasteiger partial charge is 0.508 e. The van der Waals surface area contributed by atoms with E-state index in [9.17, 15) is 5.11 Å². The molecule has 1 N–H and O–H groups in total. The molecule has 0 saturated carbocycles. The smallest absolute Gasteiger partial charge is 0.115 e. The van der Waals surface area contributed by atoms with Crippen LogP contribution in [0.1, 0.15) is 0 Å². The summed E-state index contributed by atoms with van der Waals surface area (Å²) in [6.45, 7) is 0. The minimum atomic E-state index is 0.287. The van der Waals surface area contributed by atoms with Crippen molar-refractivity contribution in [3.63, 3.8) is 0 Å². The number of para-hydroxylation sites is 1. The molecule has 2 heteroatoms. The highest BCUT2D eigenvalue weighted by molar-refractivity contribution is 6.04. The quantitative estimate of drug-likeness (QED) is 0.539. The number of aromatic nitrogens is 1. The molecule has 0 aliphatic carbocycles. The molecule has 0 spiro atoms. The average Bonchev–Trinajstić information content (AvgIpc) is 2.90. The Labute approximate surface area is 135 Å². The topological polar surface area (TPSA) is 25.2 Å². The summed E-state index contributed by atoms with van der Waals surface area (Å²) in [7, 11) is 2.11. The van der Waals surface area contributed by atoms with Crippen LogP contribution in [0, 0.1) is 0 Å². The Morgan fingerprint density at radius 3 is 2.09 bits per heavy atom. The fourth-order valence-corrected chi connectivity index (χ4v) is 3.25. The monoisotopic (exact) mass is 299 g/mol. The van der Waals surface area contributed by atoms with E-state index in [0.29, 0.717) is 0 Å². The van der Waals surface area contributed by atoms with Gasteiger partial charge in [0.15, 0.2) is 0 Å². The number of rotatable bonds is 2. The Balaban J connectivity index is 2.10. The molecule has 0 atom stereocenters. The van der Waals surface area contributed by atoms with Gasteiger partial charge < -0.3 is 9.67 Å². The molecule has 0 bridgehead atoms. The molecule has 0 aliphatic heterocycles. The van der Waals surface area contributed by atoms with Gasteiger partial charge in [-0.05, 0) is 29.3 Å². The molecule has 4 rings (SSSR count). The van der Waals surface area contributed by atoms with Crippen LogP contribution in [-0.4, -0.2) is 9.67 Å². The molecule has 0 aliphatic rings.